The predicted molar refractivity (Wildman–Crippen MR) is 84.5 cm³/mol. The van der Waals surface area contributed by atoms with Gasteiger partial charge in [-0.2, -0.15) is 15.0 Å². The third kappa shape index (κ3) is 3.94. The van der Waals surface area contributed by atoms with E-state index in [4.69, 9.17) is 9.47 Å². The van der Waals surface area contributed by atoms with Gasteiger partial charge in [0.05, 0.1) is 19.4 Å². The van der Waals surface area contributed by atoms with Crippen LogP contribution >= 0.6 is 15.9 Å². The predicted octanol–water partition coefficient (Wildman–Crippen LogP) is 2.83. The number of aromatic nitrogens is 3. The summed E-state index contributed by atoms with van der Waals surface area (Å²) < 4.78 is 11.4. The number of rotatable bonds is 6. The number of halogens is 1. The smallest absolute Gasteiger partial charge is 0.323 e. The molecular formula is C13H16BrN5O2. The van der Waals surface area contributed by atoms with E-state index in [1.54, 1.807) is 14.2 Å². The second-order valence-corrected chi connectivity index (χ2v) is 4.77. The third-order valence-electron chi connectivity index (χ3n) is 2.53. The molecule has 1 aromatic carbocycles. The van der Waals surface area contributed by atoms with Crippen LogP contribution in [-0.2, 0) is 0 Å². The van der Waals surface area contributed by atoms with Gasteiger partial charge in [-0.1, -0.05) is 0 Å². The second-order valence-electron chi connectivity index (χ2n) is 3.92. The van der Waals surface area contributed by atoms with E-state index in [1.807, 2.05) is 25.1 Å². The van der Waals surface area contributed by atoms with Crippen molar-refractivity contribution in [1.82, 2.24) is 15.0 Å². The molecule has 0 bridgehead atoms. The molecule has 0 fully saturated rings. The Morgan fingerprint density at radius 1 is 1.19 bits per heavy atom. The van der Waals surface area contributed by atoms with Crippen LogP contribution in [0.1, 0.15) is 6.92 Å². The molecule has 2 N–H and O–H groups in total. The van der Waals surface area contributed by atoms with Crippen LogP contribution in [0.2, 0.25) is 0 Å². The minimum absolute atomic E-state index is 0.262. The maximum absolute atomic E-state index is 5.32. The van der Waals surface area contributed by atoms with Gasteiger partial charge < -0.3 is 20.1 Å². The summed E-state index contributed by atoms with van der Waals surface area (Å²) in [5.41, 5.74) is 0.782. The number of methoxy groups -OCH3 is 1. The summed E-state index contributed by atoms with van der Waals surface area (Å²) >= 11 is 3.47. The number of nitrogens with one attached hydrogen (secondary N) is 2. The molecule has 0 spiro atoms. The summed E-state index contributed by atoms with van der Waals surface area (Å²) in [5.74, 6) is 1.54. The fourth-order valence-corrected chi connectivity index (χ4v) is 1.91. The van der Waals surface area contributed by atoms with Gasteiger partial charge in [-0.05, 0) is 35.0 Å². The molecule has 0 atom stereocenters. The van der Waals surface area contributed by atoms with E-state index < -0.39 is 0 Å². The Morgan fingerprint density at radius 3 is 2.62 bits per heavy atom. The topological polar surface area (TPSA) is 81.2 Å². The van der Waals surface area contributed by atoms with Crippen LogP contribution in [0.25, 0.3) is 0 Å². The molecule has 2 rings (SSSR count). The van der Waals surface area contributed by atoms with Crippen molar-refractivity contribution in [2.45, 2.75) is 6.92 Å². The van der Waals surface area contributed by atoms with Crippen molar-refractivity contribution in [3.8, 4) is 11.8 Å². The fraction of sp³-hybridized carbons (Fsp3) is 0.308. The van der Waals surface area contributed by atoms with E-state index >= 15 is 0 Å². The quantitative estimate of drug-likeness (QED) is 0.826. The monoisotopic (exact) mass is 353 g/mol. The summed E-state index contributed by atoms with van der Waals surface area (Å²) in [5, 5.41) is 5.98. The standard InChI is InChI=1S/C13H16BrN5O2/c1-4-21-13-18-11(15-2)17-12(19-13)16-10-7-8(20-3)5-6-9(10)14/h5-7H,4H2,1-3H3,(H2,15,16,17,18,19). The Kier molecular flexibility index (Phi) is 5.15. The molecular weight excluding hydrogens is 338 g/mol. The lowest BCUT2D eigenvalue weighted by molar-refractivity contribution is 0.312. The Labute approximate surface area is 131 Å². The molecule has 7 nitrogen and oxygen atoms in total. The number of anilines is 3. The first-order valence-corrected chi connectivity index (χ1v) is 7.12. The van der Waals surface area contributed by atoms with E-state index in [-0.39, 0.29) is 6.01 Å². The van der Waals surface area contributed by atoms with Crippen LogP contribution in [0.3, 0.4) is 0 Å². The average molecular weight is 354 g/mol. The van der Waals surface area contributed by atoms with Crippen molar-refractivity contribution in [2.24, 2.45) is 0 Å². The van der Waals surface area contributed by atoms with Crippen molar-refractivity contribution in [3.63, 3.8) is 0 Å². The van der Waals surface area contributed by atoms with Crippen molar-refractivity contribution in [1.29, 1.82) is 0 Å². The van der Waals surface area contributed by atoms with E-state index in [1.165, 1.54) is 0 Å². The van der Waals surface area contributed by atoms with Crippen molar-refractivity contribution >= 4 is 33.5 Å². The third-order valence-corrected chi connectivity index (χ3v) is 3.22. The van der Waals surface area contributed by atoms with Gasteiger partial charge in [0, 0.05) is 17.6 Å². The second kappa shape index (κ2) is 7.07. The highest BCUT2D eigenvalue weighted by Crippen LogP contribution is 2.29. The van der Waals surface area contributed by atoms with Gasteiger partial charge in [0.25, 0.3) is 0 Å². The van der Waals surface area contributed by atoms with Gasteiger partial charge in [0.2, 0.25) is 11.9 Å². The molecule has 0 radical (unpaired) electrons. The SMILES string of the molecule is CCOc1nc(NC)nc(Nc2cc(OC)ccc2Br)n1. The summed E-state index contributed by atoms with van der Waals surface area (Å²) in [6.45, 7) is 2.35. The van der Waals surface area contributed by atoms with Gasteiger partial charge in [-0.3, -0.25) is 0 Å². The maximum Gasteiger partial charge on any atom is 0.323 e. The molecule has 0 saturated carbocycles. The van der Waals surface area contributed by atoms with E-state index in [0.29, 0.717) is 18.5 Å². The molecule has 21 heavy (non-hydrogen) atoms. The molecule has 112 valence electrons. The van der Waals surface area contributed by atoms with Crippen LogP contribution in [0.5, 0.6) is 11.8 Å². The minimum atomic E-state index is 0.262. The minimum Gasteiger partial charge on any atom is -0.497 e. The number of ether oxygens (including phenoxy) is 2. The molecule has 1 aromatic heterocycles. The van der Waals surface area contributed by atoms with Crippen LogP contribution in [-0.4, -0.2) is 35.7 Å². The van der Waals surface area contributed by atoms with Gasteiger partial charge >= 0.3 is 6.01 Å². The molecule has 2 aromatic rings. The molecule has 0 aliphatic rings. The zero-order chi connectivity index (χ0) is 15.2. The van der Waals surface area contributed by atoms with E-state index in [0.717, 1.165) is 15.9 Å². The normalized spacial score (nSPS) is 10.1. The van der Waals surface area contributed by atoms with Gasteiger partial charge in [-0.25, -0.2) is 0 Å². The Balaban J connectivity index is 2.32. The molecule has 1 heterocycles. The van der Waals surface area contributed by atoms with Crippen molar-refractivity contribution in [2.75, 3.05) is 31.4 Å². The maximum atomic E-state index is 5.32. The lowest BCUT2D eigenvalue weighted by Crippen LogP contribution is -2.07. The Morgan fingerprint density at radius 2 is 1.95 bits per heavy atom. The lowest BCUT2D eigenvalue weighted by atomic mass is 10.3. The average Bonchev–Trinajstić information content (AvgIpc) is 2.49. The van der Waals surface area contributed by atoms with Crippen LogP contribution in [0, 0.1) is 0 Å². The summed E-state index contributed by atoms with van der Waals surface area (Å²) in [7, 11) is 3.35. The first kappa shape index (κ1) is 15.3. The summed E-state index contributed by atoms with van der Waals surface area (Å²) in [4.78, 5) is 12.6. The van der Waals surface area contributed by atoms with Crippen molar-refractivity contribution in [3.05, 3.63) is 22.7 Å². The molecule has 0 aliphatic carbocycles. The number of hydrogen-bond donors (Lipinski definition) is 2. The largest absolute Gasteiger partial charge is 0.497 e. The first-order chi connectivity index (χ1) is 10.2. The van der Waals surface area contributed by atoms with Crippen LogP contribution < -0.4 is 20.1 Å². The Bertz CT molecular complexity index is 624. The number of nitrogens with zero attached hydrogens (tertiary/aromatic N) is 3. The van der Waals surface area contributed by atoms with Gasteiger partial charge in [-0.15, -0.1) is 0 Å². The van der Waals surface area contributed by atoms with Gasteiger partial charge in [0.1, 0.15) is 5.75 Å². The summed E-state index contributed by atoms with van der Waals surface area (Å²) in [6, 6.07) is 5.84. The highest BCUT2D eigenvalue weighted by Gasteiger charge is 2.09. The lowest BCUT2D eigenvalue weighted by Gasteiger charge is -2.11. The number of benzene rings is 1. The Hall–Kier alpha value is -2.09. The molecule has 0 unspecified atom stereocenters. The molecule has 8 heteroatoms. The number of hydrogen-bond acceptors (Lipinski definition) is 7. The van der Waals surface area contributed by atoms with E-state index in [2.05, 4.69) is 41.5 Å². The first-order valence-electron chi connectivity index (χ1n) is 6.33. The van der Waals surface area contributed by atoms with E-state index in [9.17, 15) is 0 Å². The van der Waals surface area contributed by atoms with Crippen molar-refractivity contribution < 1.29 is 9.47 Å². The highest BCUT2D eigenvalue weighted by molar-refractivity contribution is 9.10. The zero-order valence-corrected chi connectivity index (χ0v) is 13.6. The molecule has 0 aliphatic heterocycles. The molecule has 0 amide bonds. The summed E-state index contributed by atoms with van der Waals surface area (Å²) in [6.07, 6.45) is 0. The zero-order valence-electron chi connectivity index (χ0n) is 12.0. The molecule has 0 saturated heterocycles. The van der Waals surface area contributed by atoms with Gasteiger partial charge in [0.15, 0.2) is 0 Å². The highest BCUT2D eigenvalue weighted by atomic mass is 79.9. The van der Waals surface area contributed by atoms with Crippen LogP contribution in [0.4, 0.5) is 17.6 Å². The van der Waals surface area contributed by atoms with Crippen LogP contribution in [0.15, 0.2) is 22.7 Å². The fourth-order valence-electron chi connectivity index (χ4n) is 1.57.